The highest BCUT2D eigenvalue weighted by Crippen LogP contribution is 2.13. The molecule has 0 aliphatic carbocycles. The summed E-state index contributed by atoms with van der Waals surface area (Å²) in [5.74, 6) is -2.61. The zero-order chi connectivity index (χ0) is 23.8. The normalized spacial score (nSPS) is 13.8. The number of carboxylic acids is 1. The summed E-state index contributed by atoms with van der Waals surface area (Å²) in [6.07, 6.45) is 0.262. The van der Waals surface area contributed by atoms with Gasteiger partial charge in [-0.2, -0.15) is 0 Å². The van der Waals surface area contributed by atoms with Crippen LogP contribution in [-0.2, 0) is 27.2 Å². The molecule has 0 aliphatic heterocycles. The summed E-state index contributed by atoms with van der Waals surface area (Å²) in [7, 11) is 0. The number of carbonyl (C=O) groups excluding carboxylic acids is 2. The van der Waals surface area contributed by atoms with Crippen LogP contribution in [0.1, 0.15) is 25.0 Å². The van der Waals surface area contributed by atoms with Crippen molar-refractivity contribution in [3.05, 3.63) is 59.7 Å². The van der Waals surface area contributed by atoms with Crippen molar-refractivity contribution in [1.29, 1.82) is 0 Å². The number of phenolic OH excluding ortho intramolecular Hbond substituents is 2. The van der Waals surface area contributed by atoms with Gasteiger partial charge in [0.15, 0.2) is 0 Å². The van der Waals surface area contributed by atoms with Crippen molar-refractivity contribution < 1.29 is 29.7 Å². The fourth-order valence-electron chi connectivity index (χ4n) is 3.10. The summed E-state index contributed by atoms with van der Waals surface area (Å²) >= 11 is 0. The lowest BCUT2D eigenvalue weighted by atomic mass is 10.0. The van der Waals surface area contributed by atoms with Gasteiger partial charge in [-0.05, 0) is 47.7 Å². The van der Waals surface area contributed by atoms with Crippen LogP contribution in [0.15, 0.2) is 48.5 Å². The molecule has 0 bridgehead atoms. The molecule has 32 heavy (non-hydrogen) atoms. The van der Waals surface area contributed by atoms with E-state index >= 15 is 0 Å². The van der Waals surface area contributed by atoms with E-state index in [0.717, 1.165) is 5.56 Å². The molecule has 9 nitrogen and oxygen atoms in total. The highest BCUT2D eigenvalue weighted by atomic mass is 16.4. The maximum Gasteiger partial charge on any atom is 0.326 e. The van der Waals surface area contributed by atoms with E-state index in [1.54, 1.807) is 38.1 Å². The molecule has 0 fully saturated rings. The summed E-state index contributed by atoms with van der Waals surface area (Å²) in [4.78, 5) is 37.1. The van der Waals surface area contributed by atoms with Gasteiger partial charge < -0.3 is 31.7 Å². The molecule has 0 saturated carbocycles. The fraction of sp³-hybridized carbons (Fsp3) is 0.348. The van der Waals surface area contributed by atoms with Crippen LogP contribution in [0.3, 0.4) is 0 Å². The lowest BCUT2D eigenvalue weighted by Crippen LogP contribution is -2.56. The number of aromatic hydroxyl groups is 2. The molecule has 0 saturated heterocycles. The van der Waals surface area contributed by atoms with Gasteiger partial charge in [-0.3, -0.25) is 9.59 Å². The second-order valence-electron chi connectivity index (χ2n) is 7.98. The lowest BCUT2D eigenvalue weighted by molar-refractivity contribution is -0.143. The molecule has 0 heterocycles. The van der Waals surface area contributed by atoms with Gasteiger partial charge in [-0.15, -0.1) is 0 Å². The standard InChI is InChI=1S/C23H29N3O6/c1-13(2)20(23(31)32)26-22(30)19(12-15-5-9-17(28)10-6-15)25-21(29)18(24)11-14-3-7-16(27)8-4-14/h3-10,13,18-20,27-28H,11-12,24H2,1-2H3,(H,25,29)(H,26,30)(H,31,32). The topological polar surface area (TPSA) is 162 Å². The number of benzene rings is 2. The fourth-order valence-corrected chi connectivity index (χ4v) is 3.10. The summed E-state index contributed by atoms with van der Waals surface area (Å²) in [6.45, 7) is 3.33. The first-order chi connectivity index (χ1) is 15.1. The summed E-state index contributed by atoms with van der Waals surface area (Å²) in [5.41, 5.74) is 7.40. The van der Waals surface area contributed by atoms with Gasteiger partial charge in [0, 0.05) is 6.42 Å². The first-order valence-electron chi connectivity index (χ1n) is 10.2. The summed E-state index contributed by atoms with van der Waals surface area (Å²) in [6, 6.07) is 9.23. The maximum atomic E-state index is 12.9. The van der Waals surface area contributed by atoms with E-state index in [2.05, 4.69) is 10.6 Å². The Labute approximate surface area is 186 Å². The smallest absolute Gasteiger partial charge is 0.326 e. The molecule has 7 N–H and O–H groups in total. The number of hydrogen-bond donors (Lipinski definition) is 6. The molecule has 2 amide bonds. The Morgan fingerprint density at radius 1 is 0.812 bits per heavy atom. The van der Waals surface area contributed by atoms with Crippen LogP contribution in [0.5, 0.6) is 11.5 Å². The van der Waals surface area contributed by atoms with Crippen LogP contribution in [0.25, 0.3) is 0 Å². The predicted octanol–water partition coefficient (Wildman–Crippen LogP) is 0.921. The third-order valence-corrected chi connectivity index (χ3v) is 4.97. The average molecular weight is 444 g/mol. The number of carbonyl (C=O) groups is 3. The van der Waals surface area contributed by atoms with Crippen molar-refractivity contribution in [1.82, 2.24) is 10.6 Å². The SMILES string of the molecule is CC(C)C(NC(=O)C(Cc1ccc(O)cc1)NC(=O)C(N)Cc1ccc(O)cc1)C(=O)O. The molecule has 0 aliphatic rings. The van der Waals surface area contributed by atoms with E-state index in [9.17, 15) is 29.7 Å². The molecule has 0 radical (unpaired) electrons. The van der Waals surface area contributed by atoms with Gasteiger partial charge in [0.05, 0.1) is 6.04 Å². The largest absolute Gasteiger partial charge is 0.508 e. The predicted molar refractivity (Wildman–Crippen MR) is 118 cm³/mol. The second-order valence-corrected chi connectivity index (χ2v) is 7.98. The van der Waals surface area contributed by atoms with Crippen LogP contribution in [-0.4, -0.2) is 51.2 Å². The highest BCUT2D eigenvalue weighted by molar-refractivity contribution is 5.92. The minimum atomic E-state index is -1.17. The number of nitrogens with two attached hydrogens (primary N) is 1. The molecule has 2 aromatic rings. The summed E-state index contributed by atoms with van der Waals surface area (Å²) < 4.78 is 0. The van der Waals surface area contributed by atoms with E-state index in [1.807, 2.05) is 0 Å². The van der Waals surface area contributed by atoms with E-state index in [1.165, 1.54) is 24.3 Å². The van der Waals surface area contributed by atoms with Crippen molar-refractivity contribution in [2.24, 2.45) is 11.7 Å². The average Bonchev–Trinajstić information content (AvgIpc) is 2.73. The molecule has 0 aromatic heterocycles. The van der Waals surface area contributed by atoms with Crippen LogP contribution in [0.4, 0.5) is 0 Å². The molecule has 2 aromatic carbocycles. The van der Waals surface area contributed by atoms with E-state index in [4.69, 9.17) is 5.73 Å². The van der Waals surface area contributed by atoms with Gasteiger partial charge in [0.2, 0.25) is 11.8 Å². The molecule has 3 atom stereocenters. The molecule has 2 rings (SSSR count). The van der Waals surface area contributed by atoms with Crippen molar-refractivity contribution in [2.75, 3.05) is 0 Å². The quantitative estimate of drug-likeness (QED) is 0.318. The van der Waals surface area contributed by atoms with Gasteiger partial charge in [0.25, 0.3) is 0 Å². The number of rotatable bonds is 10. The van der Waals surface area contributed by atoms with Crippen LogP contribution in [0, 0.1) is 5.92 Å². The minimum absolute atomic E-state index is 0.0560. The third-order valence-electron chi connectivity index (χ3n) is 4.97. The molecular formula is C23H29N3O6. The monoisotopic (exact) mass is 443 g/mol. The number of aliphatic carboxylic acids is 1. The van der Waals surface area contributed by atoms with E-state index < -0.39 is 35.9 Å². The molecule has 0 spiro atoms. The van der Waals surface area contributed by atoms with E-state index in [-0.39, 0.29) is 30.3 Å². The molecule has 172 valence electrons. The Kier molecular flexibility index (Phi) is 8.60. The van der Waals surface area contributed by atoms with Crippen LogP contribution in [0.2, 0.25) is 0 Å². The molecule has 3 unspecified atom stereocenters. The minimum Gasteiger partial charge on any atom is -0.508 e. The third kappa shape index (κ3) is 7.28. The van der Waals surface area contributed by atoms with Gasteiger partial charge in [-0.25, -0.2) is 4.79 Å². The lowest BCUT2D eigenvalue weighted by Gasteiger charge is -2.24. The van der Waals surface area contributed by atoms with Crippen molar-refractivity contribution in [3.8, 4) is 11.5 Å². The van der Waals surface area contributed by atoms with Gasteiger partial charge >= 0.3 is 5.97 Å². The zero-order valence-corrected chi connectivity index (χ0v) is 18.0. The van der Waals surface area contributed by atoms with Crippen LogP contribution < -0.4 is 16.4 Å². The Bertz CT molecular complexity index is 928. The van der Waals surface area contributed by atoms with Crippen LogP contribution >= 0.6 is 0 Å². The Morgan fingerprint density at radius 3 is 1.72 bits per heavy atom. The van der Waals surface area contributed by atoms with Crippen molar-refractivity contribution in [2.45, 2.75) is 44.8 Å². The number of hydrogen-bond acceptors (Lipinski definition) is 6. The zero-order valence-electron chi connectivity index (χ0n) is 18.0. The first-order valence-corrected chi connectivity index (χ1v) is 10.2. The Morgan fingerprint density at radius 2 is 1.28 bits per heavy atom. The molecular weight excluding hydrogens is 414 g/mol. The number of phenols is 2. The van der Waals surface area contributed by atoms with Crippen molar-refractivity contribution in [3.63, 3.8) is 0 Å². The summed E-state index contributed by atoms with van der Waals surface area (Å²) in [5, 5.41) is 33.3. The number of amides is 2. The molecule has 9 heteroatoms. The van der Waals surface area contributed by atoms with Crippen molar-refractivity contribution >= 4 is 17.8 Å². The second kappa shape index (κ2) is 11.1. The van der Waals surface area contributed by atoms with Gasteiger partial charge in [0.1, 0.15) is 23.6 Å². The Hall–Kier alpha value is -3.59. The van der Waals surface area contributed by atoms with E-state index in [0.29, 0.717) is 5.56 Å². The van der Waals surface area contributed by atoms with Gasteiger partial charge in [-0.1, -0.05) is 38.1 Å². The number of nitrogens with one attached hydrogen (secondary N) is 2. The maximum absolute atomic E-state index is 12.9. The number of carboxylic acid groups (broad SMARTS) is 1. The first kappa shape index (κ1) is 24.7. The highest BCUT2D eigenvalue weighted by Gasteiger charge is 2.29. The Balaban J connectivity index is 2.15.